The van der Waals surface area contributed by atoms with E-state index in [1.54, 1.807) is 0 Å². The molecule has 4 unspecified atom stereocenters. The predicted octanol–water partition coefficient (Wildman–Crippen LogP) is 2.89. The molecule has 76 valence electrons. The maximum atomic E-state index is 3.72. The molecule has 14 heavy (non-hydrogen) atoms. The zero-order chi connectivity index (χ0) is 9.80. The van der Waals surface area contributed by atoms with E-state index >= 15 is 0 Å². The molecule has 0 spiro atoms. The summed E-state index contributed by atoms with van der Waals surface area (Å²) in [5, 5.41) is 2.28. The maximum absolute atomic E-state index is 3.72. The molecule has 0 aliphatic carbocycles. The van der Waals surface area contributed by atoms with Gasteiger partial charge in [-0.3, -0.25) is 4.86 Å². The molecule has 0 saturated carbocycles. The van der Waals surface area contributed by atoms with Gasteiger partial charge in [-0.2, -0.15) is 0 Å². The summed E-state index contributed by atoms with van der Waals surface area (Å²) in [5.74, 6) is 0. The molecule has 1 heterocycles. The van der Waals surface area contributed by atoms with E-state index in [0.717, 1.165) is 14.1 Å². The van der Waals surface area contributed by atoms with Crippen LogP contribution in [0, 0.1) is 0 Å². The summed E-state index contributed by atoms with van der Waals surface area (Å²) in [6.45, 7) is 0. The van der Waals surface area contributed by atoms with Crippen molar-refractivity contribution in [1.29, 1.82) is 0 Å². The van der Waals surface area contributed by atoms with E-state index in [1.807, 2.05) is 0 Å². The molecule has 1 N–H and O–H groups in total. The molecule has 1 aromatic carbocycles. The summed E-state index contributed by atoms with van der Waals surface area (Å²) >= 11 is 0. The first kappa shape index (κ1) is 11.0. The van der Waals surface area contributed by atoms with E-state index in [9.17, 15) is 0 Å². The van der Waals surface area contributed by atoms with Crippen molar-refractivity contribution in [1.82, 2.24) is 4.86 Å². The Bertz CT molecular complexity index is 278. The zero-order valence-electron chi connectivity index (χ0n) is 8.11. The third-order valence-electron chi connectivity index (χ3n) is 2.42. The van der Waals surface area contributed by atoms with Gasteiger partial charge in [-0.05, 0) is 41.1 Å². The third-order valence-corrected chi connectivity index (χ3v) is 7.90. The lowest BCUT2D eigenvalue weighted by Crippen LogP contribution is -2.05. The topological polar surface area (TPSA) is 12.0 Å². The van der Waals surface area contributed by atoms with E-state index in [1.165, 1.54) is 24.3 Å². The van der Waals surface area contributed by atoms with Gasteiger partial charge in [0, 0.05) is 5.40 Å². The summed E-state index contributed by atoms with van der Waals surface area (Å²) in [6.07, 6.45) is 4.21. The quantitative estimate of drug-likeness (QED) is 0.805. The van der Waals surface area contributed by atoms with Gasteiger partial charge in [-0.25, -0.2) is 0 Å². The average Bonchev–Trinajstić information content (AvgIpc) is 2.63. The van der Waals surface area contributed by atoms with E-state index in [0.29, 0.717) is 0 Å². The Morgan fingerprint density at radius 3 is 2.79 bits per heavy atom. The number of hydrogen-bond donors (Lipinski definition) is 1. The number of benzene rings is 1. The molecule has 4 heteroatoms. The van der Waals surface area contributed by atoms with Gasteiger partial charge in [0.05, 0.1) is 0 Å². The van der Waals surface area contributed by atoms with E-state index < -0.39 is 0 Å². The Kier molecular flexibility index (Phi) is 4.33. The zero-order valence-corrected chi connectivity index (χ0v) is 11.2. The van der Waals surface area contributed by atoms with Crippen LogP contribution < -0.4 is 10.2 Å². The van der Waals surface area contributed by atoms with Crippen LogP contribution in [0.3, 0.4) is 0 Å². The van der Waals surface area contributed by atoms with Crippen molar-refractivity contribution in [3.63, 3.8) is 0 Å². The summed E-state index contributed by atoms with van der Waals surface area (Å²) in [7, 11) is 3.88. The van der Waals surface area contributed by atoms with Crippen LogP contribution in [0.5, 0.6) is 0 Å². The van der Waals surface area contributed by atoms with E-state index in [2.05, 4.69) is 44.4 Å². The van der Waals surface area contributed by atoms with Gasteiger partial charge in [0.25, 0.3) is 0 Å². The molecule has 2 rings (SSSR count). The van der Waals surface area contributed by atoms with E-state index in [4.69, 9.17) is 0 Å². The largest absolute Gasteiger partial charge is 0.272 e. The van der Waals surface area contributed by atoms with Crippen molar-refractivity contribution < 1.29 is 0 Å². The maximum Gasteiger partial charge on any atom is 0.00705 e. The molecule has 1 saturated heterocycles. The molecule has 1 nitrogen and oxygen atoms in total. The Hall–Kier alpha value is 0.470. The van der Waals surface area contributed by atoms with Gasteiger partial charge >= 0.3 is 0 Å². The summed E-state index contributed by atoms with van der Waals surface area (Å²) in [5.41, 5.74) is 0. The second kappa shape index (κ2) is 5.53. The molecule has 0 aromatic heterocycles. The smallest absolute Gasteiger partial charge is 0.00705 e. The minimum Gasteiger partial charge on any atom is -0.272 e. The van der Waals surface area contributed by atoms with Crippen LogP contribution in [0.15, 0.2) is 30.3 Å². The first-order chi connectivity index (χ1) is 6.86. The summed E-state index contributed by atoms with van der Waals surface area (Å²) in [6, 6.07) is 10.7. The number of hydrogen-bond acceptors (Lipinski definition) is 1. The van der Waals surface area contributed by atoms with Crippen molar-refractivity contribution in [3.05, 3.63) is 30.3 Å². The molecule has 1 aliphatic heterocycles. The van der Waals surface area contributed by atoms with Crippen LogP contribution >= 0.6 is 26.0 Å². The first-order valence-corrected chi connectivity index (χ1v) is 8.21. The van der Waals surface area contributed by atoms with Crippen molar-refractivity contribution in [2.75, 3.05) is 6.16 Å². The highest BCUT2D eigenvalue weighted by Crippen LogP contribution is 2.51. The van der Waals surface area contributed by atoms with Crippen molar-refractivity contribution in [2.24, 2.45) is 0 Å². The predicted molar refractivity (Wildman–Crippen MR) is 72.0 cm³/mol. The Labute approximate surface area is 91.3 Å². The highest BCUT2D eigenvalue weighted by atomic mass is 31.2. The monoisotopic (exact) mass is 243 g/mol. The van der Waals surface area contributed by atoms with Crippen molar-refractivity contribution >= 4 is 31.3 Å². The summed E-state index contributed by atoms with van der Waals surface area (Å²) < 4.78 is 0. The molecule has 0 amide bonds. The van der Waals surface area contributed by atoms with Gasteiger partial charge < -0.3 is 0 Å². The second-order valence-corrected chi connectivity index (χ2v) is 8.64. The molecule has 1 aliphatic rings. The fourth-order valence-corrected chi connectivity index (χ4v) is 6.85. The molecule has 1 fully saturated rings. The lowest BCUT2D eigenvalue weighted by Gasteiger charge is -2.17. The minimum atomic E-state index is 0.0953. The molecule has 0 radical (unpaired) electrons. The van der Waals surface area contributed by atoms with Crippen molar-refractivity contribution in [2.45, 2.75) is 18.2 Å². The van der Waals surface area contributed by atoms with Crippen molar-refractivity contribution in [3.8, 4) is 0 Å². The van der Waals surface area contributed by atoms with Crippen LogP contribution in [0.25, 0.3) is 0 Å². The SMILES string of the molecule is PC1CCCP1NPc1ccccc1. The van der Waals surface area contributed by atoms with Crippen LogP contribution in [0.2, 0.25) is 0 Å². The third kappa shape index (κ3) is 2.98. The molecule has 4 atom stereocenters. The first-order valence-electron chi connectivity index (χ1n) is 4.95. The van der Waals surface area contributed by atoms with Gasteiger partial charge in [-0.15, -0.1) is 9.24 Å². The van der Waals surface area contributed by atoms with Crippen LogP contribution in [0.1, 0.15) is 12.8 Å². The summed E-state index contributed by atoms with van der Waals surface area (Å²) in [4.78, 5) is 3.72. The van der Waals surface area contributed by atoms with Crippen LogP contribution in [-0.4, -0.2) is 11.6 Å². The number of rotatable bonds is 3. The molecule has 1 aromatic rings. The Morgan fingerprint density at radius 1 is 1.36 bits per heavy atom. The van der Waals surface area contributed by atoms with Gasteiger partial charge in [-0.1, -0.05) is 30.3 Å². The van der Waals surface area contributed by atoms with Gasteiger partial charge in [0.15, 0.2) is 0 Å². The van der Waals surface area contributed by atoms with Gasteiger partial charge in [0.1, 0.15) is 0 Å². The fourth-order valence-electron chi connectivity index (χ4n) is 1.59. The van der Waals surface area contributed by atoms with Gasteiger partial charge in [0.2, 0.25) is 0 Å². The standard InChI is InChI=1S/C10H16NP3/c12-10-7-4-8-14(10)11-13-9-5-2-1-3-6-9/h1-3,5-6,10-11,13H,4,7-8,12H2. The Balaban J connectivity index is 1.82. The lowest BCUT2D eigenvalue weighted by atomic mass is 10.4. The van der Waals surface area contributed by atoms with Crippen LogP contribution in [0.4, 0.5) is 0 Å². The molecule has 0 bridgehead atoms. The molecular formula is C10H16NP3. The highest BCUT2D eigenvalue weighted by Gasteiger charge is 2.22. The molecular weight excluding hydrogens is 227 g/mol. The average molecular weight is 243 g/mol. The fraction of sp³-hybridized carbons (Fsp3) is 0.400. The normalized spacial score (nSPS) is 27.5. The second-order valence-electron chi connectivity index (χ2n) is 3.51. The minimum absolute atomic E-state index is 0.0953. The Morgan fingerprint density at radius 2 is 2.14 bits per heavy atom. The number of nitrogens with one attached hydrogen (secondary N) is 1. The highest BCUT2D eigenvalue weighted by molar-refractivity contribution is 7.71. The van der Waals surface area contributed by atoms with Crippen LogP contribution in [-0.2, 0) is 0 Å². The van der Waals surface area contributed by atoms with E-state index in [-0.39, 0.29) is 8.07 Å². The lowest BCUT2D eigenvalue weighted by molar-refractivity contribution is 0.924.